The third-order valence-corrected chi connectivity index (χ3v) is 5.74. The Balaban J connectivity index is 0.00000280. The Morgan fingerprint density at radius 2 is 1.86 bits per heavy atom. The van der Waals surface area contributed by atoms with Crippen molar-refractivity contribution >= 4 is 59.0 Å². The minimum Gasteiger partial charge on any atom is -0.368 e. The molecule has 0 spiro atoms. The van der Waals surface area contributed by atoms with Crippen molar-refractivity contribution in [2.24, 2.45) is 4.99 Å². The molecule has 0 bridgehead atoms. The lowest BCUT2D eigenvalue weighted by Gasteiger charge is -2.37. The Bertz CT molecular complexity index is 670. The third kappa shape index (κ3) is 5.87. The maximum Gasteiger partial charge on any atom is 0.251 e. The lowest BCUT2D eigenvalue weighted by Crippen LogP contribution is -2.55. The first-order chi connectivity index (χ1) is 13.1. The van der Waals surface area contributed by atoms with Gasteiger partial charge in [-0.2, -0.15) is 0 Å². The fourth-order valence-corrected chi connectivity index (χ4v) is 4.10. The number of nitrogens with one attached hydrogen (secondary N) is 1. The first-order valence-corrected chi connectivity index (χ1v) is 10.1. The molecule has 0 aliphatic carbocycles. The number of amides is 1. The quantitative estimate of drug-likeness (QED) is 0.362. The second-order valence-electron chi connectivity index (χ2n) is 6.74. The average Bonchev–Trinajstić information content (AvgIpc) is 3.22. The topological polar surface area (TPSA) is 57.2 Å². The summed E-state index contributed by atoms with van der Waals surface area (Å²) in [7, 11) is 1.77. The summed E-state index contributed by atoms with van der Waals surface area (Å²) in [4.78, 5) is 20.9. The van der Waals surface area contributed by atoms with E-state index in [1.54, 1.807) is 7.05 Å². The van der Waals surface area contributed by atoms with Gasteiger partial charge in [-0.05, 0) is 37.0 Å². The Labute approximate surface area is 193 Å². The predicted molar refractivity (Wildman–Crippen MR) is 124 cm³/mol. The number of hydrogen-bond donors (Lipinski definition) is 1. The summed E-state index contributed by atoms with van der Waals surface area (Å²) in [5, 5.41) is 4.73. The van der Waals surface area contributed by atoms with Gasteiger partial charge in [0.2, 0.25) is 0 Å². The van der Waals surface area contributed by atoms with E-state index >= 15 is 0 Å². The molecular weight excluding hydrogens is 514 g/mol. The van der Waals surface area contributed by atoms with Crippen LogP contribution in [0.25, 0.3) is 0 Å². The molecule has 2 aliphatic rings. The summed E-state index contributed by atoms with van der Waals surface area (Å²) >= 11 is 12.5. The highest BCUT2D eigenvalue weighted by atomic mass is 127. The molecule has 9 heteroatoms. The standard InChI is InChI=1S/C19H26Cl2N4O2.HI/c1-22-19(23-8-7-14-15(20)4-2-5-16(14)21)25-11-9-24(10-12-25)18(26)17-6-3-13-27-17;/h2,4-5,17H,3,6-13H2,1H3,(H,22,23);1H. The number of guanidine groups is 1. The highest BCUT2D eigenvalue weighted by molar-refractivity contribution is 14.0. The van der Waals surface area contributed by atoms with Gasteiger partial charge in [-0.15, -0.1) is 24.0 Å². The van der Waals surface area contributed by atoms with Gasteiger partial charge in [0.05, 0.1) is 0 Å². The normalized spacial score (nSPS) is 20.1. The number of nitrogens with zero attached hydrogens (tertiary/aromatic N) is 3. The van der Waals surface area contributed by atoms with E-state index in [0.717, 1.165) is 43.9 Å². The van der Waals surface area contributed by atoms with Gasteiger partial charge >= 0.3 is 0 Å². The van der Waals surface area contributed by atoms with Crippen LogP contribution in [0.5, 0.6) is 0 Å². The summed E-state index contributed by atoms with van der Waals surface area (Å²) in [5.41, 5.74) is 0.941. The largest absolute Gasteiger partial charge is 0.368 e. The predicted octanol–water partition coefficient (Wildman–Crippen LogP) is 3.05. The number of carbonyl (C=O) groups excluding carboxylic acids is 1. The summed E-state index contributed by atoms with van der Waals surface area (Å²) in [5.74, 6) is 0.964. The van der Waals surface area contributed by atoms with Crippen LogP contribution in [0.1, 0.15) is 18.4 Å². The number of aliphatic imine (C=N–C) groups is 1. The number of halogens is 3. The van der Waals surface area contributed by atoms with Crippen molar-refractivity contribution < 1.29 is 9.53 Å². The van der Waals surface area contributed by atoms with E-state index in [2.05, 4.69) is 15.2 Å². The molecule has 1 N–H and O–H groups in total. The van der Waals surface area contributed by atoms with Gasteiger partial charge in [-0.3, -0.25) is 9.79 Å². The third-order valence-electron chi connectivity index (χ3n) is 5.03. The van der Waals surface area contributed by atoms with E-state index in [9.17, 15) is 4.79 Å². The van der Waals surface area contributed by atoms with Crippen LogP contribution in [0, 0.1) is 0 Å². The highest BCUT2D eigenvalue weighted by Crippen LogP contribution is 2.24. The minimum atomic E-state index is -0.241. The minimum absolute atomic E-state index is 0. The molecule has 2 fully saturated rings. The van der Waals surface area contributed by atoms with Crippen molar-refractivity contribution in [2.45, 2.75) is 25.4 Å². The maximum absolute atomic E-state index is 12.5. The monoisotopic (exact) mass is 540 g/mol. The van der Waals surface area contributed by atoms with Gasteiger partial charge in [0.1, 0.15) is 6.10 Å². The van der Waals surface area contributed by atoms with E-state index in [0.29, 0.717) is 36.3 Å². The van der Waals surface area contributed by atoms with Gasteiger partial charge in [-0.25, -0.2) is 0 Å². The molecule has 2 heterocycles. The Morgan fingerprint density at radius 3 is 2.43 bits per heavy atom. The summed E-state index contributed by atoms with van der Waals surface area (Å²) in [6.07, 6.45) is 2.29. The first-order valence-electron chi connectivity index (χ1n) is 9.39. The van der Waals surface area contributed by atoms with E-state index in [4.69, 9.17) is 27.9 Å². The number of hydrogen-bond acceptors (Lipinski definition) is 3. The molecule has 3 rings (SSSR count). The zero-order chi connectivity index (χ0) is 19.2. The van der Waals surface area contributed by atoms with Crippen LogP contribution >= 0.6 is 47.2 Å². The molecule has 6 nitrogen and oxygen atoms in total. The molecule has 1 atom stereocenters. The molecule has 1 unspecified atom stereocenters. The number of carbonyl (C=O) groups is 1. The van der Waals surface area contributed by atoms with Crippen molar-refractivity contribution in [1.29, 1.82) is 0 Å². The van der Waals surface area contributed by atoms with Crippen LogP contribution in [-0.4, -0.2) is 74.1 Å². The second kappa shape index (κ2) is 11.4. The fraction of sp³-hybridized carbons (Fsp3) is 0.579. The lowest BCUT2D eigenvalue weighted by molar-refractivity contribution is -0.142. The molecule has 2 saturated heterocycles. The maximum atomic E-state index is 12.5. The van der Waals surface area contributed by atoms with Crippen molar-refractivity contribution in [3.8, 4) is 0 Å². The molecule has 1 amide bonds. The molecule has 1 aromatic rings. The van der Waals surface area contributed by atoms with Gasteiger partial charge in [0.25, 0.3) is 5.91 Å². The number of benzene rings is 1. The van der Waals surface area contributed by atoms with E-state index in [1.165, 1.54) is 0 Å². The fourth-order valence-electron chi connectivity index (χ4n) is 3.52. The molecule has 2 aliphatic heterocycles. The van der Waals surface area contributed by atoms with Crippen LogP contribution < -0.4 is 5.32 Å². The molecule has 0 aromatic heterocycles. The van der Waals surface area contributed by atoms with E-state index in [1.807, 2.05) is 23.1 Å². The second-order valence-corrected chi connectivity index (χ2v) is 7.55. The van der Waals surface area contributed by atoms with Crippen molar-refractivity contribution in [3.05, 3.63) is 33.8 Å². The Hall–Kier alpha value is -0.770. The van der Waals surface area contributed by atoms with Crippen LogP contribution in [0.3, 0.4) is 0 Å². The van der Waals surface area contributed by atoms with Crippen LogP contribution in [0.4, 0.5) is 0 Å². The molecule has 28 heavy (non-hydrogen) atoms. The molecule has 0 radical (unpaired) electrons. The van der Waals surface area contributed by atoms with Gasteiger partial charge in [-0.1, -0.05) is 29.3 Å². The summed E-state index contributed by atoms with van der Waals surface area (Å²) < 4.78 is 5.52. The smallest absolute Gasteiger partial charge is 0.251 e. The van der Waals surface area contributed by atoms with Crippen LogP contribution in [0.15, 0.2) is 23.2 Å². The lowest BCUT2D eigenvalue weighted by atomic mass is 10.1. The van der Waals surface area contributed by atoms with Crippen LogP contribution in [0.2, 0.25) is 10.0 Å². The number of piperazine rings is 1. The number of rotatable bonds is 4. The van der Waals surface area contributed by atoms with Crippen molar-refractivity contribution in [1.82, 2.24) is 15.1 Å². The van der Waals surface area contributed by atoms with E-state index in [-0.39, 0.29) is 36.0 Å². The first kappa shape index (κ1) is 23.5. The SMILES string of the molecule is CN=C(NCCc1c(Cl)cccc1Cl)N1CCN(C(=O)C2CCCO2)CC1.I. The van der Waals surface area contributed by atoms with E-state index < -0.39 is 0 Å². The summed E-state index contributed by atoms with van der Waals surface area (Å²) in [6, 6.07) is 5.54. The van der Waals surface area contributed by atoms with Gasteiger partial charge in [0, 0.05) is 56.4 Å². The zero-order valence-corrected chi connectivity index (χ0v) is 19.8. The zero-order valence-electron chi connectivity index (χ0n) is 16.0. The number of ether oxygens (including phenoxy) is 1. The Kier molecular flexibility index (Phi) is 9.59. The van der Waals surface area contributed by atoms with Crippen molar-refractivity contribution in [2.75, 3.05) is 46.4 Å². The molecule has 0 saturated carbocycles. The van der Waals surface area contributed by atoms with Crippen molar-refractivity contribution in [3.63, 3.8) is 0 Å². The molecule has 1 aromatic carbocycles. The molecule has 156 valence electrons. The van der Waals surface area contributed by atoms with Gasteiger partial charge in [0.15, 0.2) is 5.96 Å². The molecular formula is C19H27Cl2IN4O2. The van der Waals surface area contributed by atoms with Gasteiger partial charge < -0.3 is 19.9 Å². The average molecular weight is 541 g/mol. The summed E-state index contributed by atoms with van der Waals surface area (Å²) in [6.45, 7) is 4.27. The highest BCUT2D eigenvalue weighted by Gasteiger charge is 2.30. The Morgan fingerprint density at radius 1 is 1.21 bits per heavy atom. The van der Waals surface area contributed by atoms with Crippen LogP contribution in [-0.2, 0) is 16.0 Å².